The number of ether oxygens (including phenoxy) is 2. The monoisotopic (exact) mass is 398 g/mol. The van der Waals surface area contributed by atoms with Crippen LogP contribution in [0.25, 0.3) is 0 Å². The number of nitrogens with one attached hydrogen (secondary N) is 1. The van der Waals surface area contributed by atoms with Crippen LogP contribution in [-0.4, -0.2) is 95.5 Å². The molecule has 0 aromatic rings. The molecule has 11 heteroatoms. The van der Waals surface area contributed by atoms with Crippen molar-refractivity contribution in [1.82, 2.24) is 14.5 Å². The van der Waals surface area contributed by atoms with Crippen LogP contribution in [0.4, 0.5) is 8.78 Å². The third kappa shape index (κ3) is 5.48. The Labute approximate surface area is 153 Å². The summed E-state index contributed by atoms with van der Waals surface area (Å²) in [5.41, 5.74) is 0. The zero-order chi connectivity index (χ0) is 19.2. The number of guanidine groups is 1. The van der Waals surface area contributed by atoms with Crippen LogP contribution in [0.3, 0.4) is 0 Å². The number of hydrogen-bond donors (Lipinski definition) is 1. The van der Waals surface area contributed by atoms with Gasteiger partial charge in [0.2, 0.25) is 0 Å². The Bertz CT molecular complexity index is 566. The Hall–Kier alpha value is -1.04. The summed E-state index contributed by atoms with van der Waals surface area (Å²) < 4.78 is 59.9. The summed E-state index contributed by atoms with van der Waals surface area (Å²) in [7, 11) is -1.12. The van der Waals surface area contributed by atoms with E-state index < -0.39 is 15.8 Å². The van der Waals surface area contributed by atoms with E-state index in [1.807, 2.05) is 0 Å². The van der Waals surface area contributed by atoms with Gasteiger partial charge in [0.1, 0.15) is 0 Å². The van der Waals surface area contributed by atoms with E-state index in [2.05, 4.69) is 15.2 Å². The topological polar surface area (TPSA) is 83.5 Å². The van der Waals surface area contributed by atoms with Gasteiger partial charge >= 0.3 is 5.76 Å². The van der Waals surface area contributed by atoms with Crippen molar-refractivity contribution < 1.29 is 26.7 Å². The molecule has 2 rings (SSSR count). The predicted octanol–water partition coefficient (Wildman–Crippen LogP) is 0.173. The molecule has 2 aliphatic heterocycles. The van der Waals surface area contributed by atoms with E-state index in [0.29, 0.717) is 39.1 Å². The van der Waals surface area contributed by atoms with Crippen molar-refractivity contribution >= 4 is 16.0 Å². The van der Waals surface area contributed by atoms with Crippen LogP contribution < -0.4 is 5.32 Å². The molecule has 2 heterocycles. The molecule has 1 atom stereocenters. The molecule has 26 heavy (non-hydrogen) atoms. The Morgan fingerprint density at radius 2 is 2.04 bits per heavy atom. The summed E-state index contributed by atoms with van der Waals surface area (Å²) in [6.45, 7) is 3.41. The lowest BCUT2D eigenvalue weighted by Gasteiger charge is -2.36. The molecule has 0 radical (unpaired) electrons. The van der Waals surface area contributed by atoms with E-state index >= 15 is 0 Å². The van der Waals surface area contributed by atoms with Crippen molar-refractivity contribution in [2.24, 2.45) is 10.9 Å². The van der Waals surface area contributed by atoms with Crippen LogP contribution in [0.2, 0.25) is 0 Å². The van der Waals surface area contributed by atoms with Crippen LogP contribution in [0.1, 0.15) is 12.8 Å². The summed E-state index contributed by atoms with van der Waals surface area (Å²) in [5.74, 6) is -2.37. The first-order valence-electron chi connectivity index (χ1n) is 8.71. The Morgan fingerprint density at radius 3 is 2.62 bits per heavy atom. The van der Waals surface area contributed by atoms with Gasteiger partial charge in [0.25, 0.3) is 10.0 Å². The normalized spacial score (nSPS) is 24.3. The summed E-state index contributed by atoms with van der Waals surface area (Å²) in [6.07, 6.45) is 1.09. The second kappa shape index (κ2) is 9.77. The van der Waals surface area contributed by atoms with Gasteiger partial charge in [0.15, 0.2) is 5.96 Å². The summed E-state index contributed by atoms with van der Waals surface area (Å²) >= 11 is 0. The molecule has 0 aliphatic carbocycles. The number of rotatable bonds is 6. The Kier molecular flexibility index (Phi) is 7.99. The van der Waals surface area contributed by atoms with Crippen molar-refractivity contribution in [3.05, 3.63) is 0 Å². The highest BCUT2D eigenvalue weighted by Gasteiger charge is 2.34. The molecule has 8 nitrogen and oxygen atoms in total. The lowest BCUT2D eigenvalue weighted by Crippen LogP contribution is -2.52. The number of hydrogen-bond acceptors (Lipinski definition) is 5. The molecule has 2 saturated heterocycles. The van der Waals surface area contributed by atoms with E-state index in [1.54, 1.807) is 14.2 Å². The second-order valence-electron chi connectivity index (χ2n) is 6.47. The van der Waals surface area contributed by atoms with Crippen molar-refractivity contribution in [1.29, 1.82) is 0 Å². The molecule has 0 amide bonds. The van der Waals surface area contributed by atoms with E-state index in [0.717, 1.165) is 16.8 Å². The number of halogens is 2. The quantitative estimate of drug-likeness (QED) is 0.507. The van der Waals surface area contributed by atoms with Gasteiger partial charge in [-0.05, 0) is 18.8 Å². The first-order valence-corrected chi connectivity index (χ1v) is 10.2. The standard InChI is InChI=1S/C15H28F2N4O4S/c1-18-15(20-7-8-25-13(10-20)11-24-2)19-9-12-3-5-21(6-4-12)26(22,23)14(16)17/h12-14H,3-11H2,1-2H3,(H,18,19). The molecule has 2 fully saturated rings. The zero-order valence-electron chi connectivity index (χ0n) is 15.2. The highest BCUT2D eigenvalue weighted by Crippen LogP contribution is 2.22. The molecular formula is C15H28F2N4O4S. The van der Waals surface area contributed by atoms with Crippen molar-refractivity contribution in [2.45, 2.75) is 24.7 Å². The highest BCUT2D eigenvalue weighted by molar-refractivity contribution is 7.89. The molecule has 0 spiro atoms. The summed E-state index contributed by atoms with van der Waals surface area (Å²) in [5, 5.41) is 3.31. The van der Waals surface area contributed by atoms with Gasteiger partial charge in [-0.2, -0.15) is 13.1 Å². The van der Waals surface area contributed by atoms with E-state index in [1.165, 1.54) is 0 Å². The largest absolute Gasteiger partial charge is 0.382 e. The molecular weight excluding hydrogens is 370 g/mol. The maximum Gasteiger partial charge on any atom is 0.350 e. The number of aliphatic imine (C=N–C) groups is 1. The lowest BCUT2D eigenvalue weighted by molar-refractivity contribution is -0.0447. The minimum absolute atomic E-state index is 0.00454. The zero-order valence-corrected chi connectivity index (χ0v) is 16.1. The van der Waals surface area contributed by atoms with Gasteiger partial charge in [-0.3, -0.25) is 4.99 Å². The summed E-state index contributed by atoms with van der Waals surface area (Å²) in [4.78, 5) is 6.40. The summed E-state index contributed by atoms with van der Waals surface area (Å²) in [6, 6.07) is 0. The number of sulfonamides is 1. The first-order chi connectivity index (χ1) is 12.4. The Balaban J connectivity index is 1.79. The molecule has 152 valence electrons. The number of methoxy groups -OCH3 is 1. The number of morpholine rings is 1. The van der Waals surface area contributed by atoms with Crippen LogP contribution in [0, 0.1) is 5.92 Å². The number of piperidine rings is 1. The van der Waals surface area contributed by atoms with Crippen molar-refractivity contribution in [3.63, 3.8) is 0 Å². The average molecular weight is 398 g/mol. The van der Waals surface area contributed by atoms with Crippen molar-refractivity contribution in [2.75, 3.05) is 60.1 Å². The van der Waals surface area contributed by atoms with Crippen LogP contribution in [-0.2, 0) is 19.5 Å². The van der Waals surface area contributed by atoms with Gasteiger partial charge in [-0.25, -0.2) is 8.42 Å². The van der Waals surface area contributed by atoms with Crippen molar-refractivity contribution in [3.8, 4) is 0 Å². The number of nitrogens with zero attached hydrogens (tertiary/aromatic N) is 3. The first kappa shape index (κ1) is 21.3. The molecule has 2 aliphatic rings. The van der Waals surface area contributed by atoms with Gasteiger partial charge < -0.3 is 19.7 Å². The maximum absolute atomic E-state index is 12.6. The van der Waals surface area contributed by atoms with Gasteiger partial charge in [-0.15, -0.1) is 0 Å². The van der Waals surface area contributed by atoms with Gasteiger partial charge in [-0.1, -0.05) is 0 Å². The SMILES string of the molecule is CN=C(NCC1CCN(S(=O)(=O)C(F)F)CC1)N1CCOC(COC)C1. The molecule has 1 N–H and O–H groups in total. The molecule has 0 aromatic carbocycles. The fourth-order valence-electron chi connectivity index (χ4n) is 3.25. The molecule has 0 bridgehead atoms. The minimum atomic E-state index is -4.47. The van der Waals surface area contributed by atoms with E-state index in [9.17, 15) is 17.2 Å². The third-order valence-corrected chi connectivity index (χ3v) is 6.25. The fourth-order valence-corrected chi connectivity index (χ4v) is 4.19. The maximum atomic E-state index is 12.6. The molecule has 0 aromatic heterocycles. The van der Waals surface area contributed by atoms with Crippen LogP contribution >= 0.6 is 0 Å². The number of alkyl halides is 2. The minimum Gasteiger partial charge on any atom is -0.382 e. The predicted molar refractivity (Wildman–Crippen MR) is 93.8 cm³/mol. The fraction of sp³-hybridized carbons (Fsp3) is 0.933. The van der Waals surface area contributed by atoms with E-state index in [4.69, 9.17) is 9.47 Å². The second-order valence-corrected chi connectivity index (χ2v) is 8.37. The molecule has 1 unspecified atom stereocenters. The van der Waals surface area contributed by atoms with E-state index in [-0.39, 0.29) is 25.1 Å². The van der Waals surface area contributed by atoms with Gasteiger partial charge in [0, 0.05) is 46.9 Å². The lowest BCUT2D eigenvalue weighted by atomic mass is 9.98. The Morgan fingerprint density at radius 1 is 1.35 bits per heavy atom. The average Bonchev–Trinajstić information content (AvgIpc) is 2.63. The molecule has 0 saturated carbocycles. The third-order valence-electron chi connectivity index (χ3n) is 4.71. The smallest absolute Gasteiger partial charge is 0.350 e. The highest BCUT2D eigenvalue weighted by atomic mass is 32.2. The van der Waals surface area contributed by atoms with Crippen LogP contribution in [0.5, 0.6) is 0 Å². The van der Waals surface area contributed by atoms with Crippen LogP contribution in [0.15, 0.2) is 4.99 Å². The van der Waals surface area contributed by atoms with Gasteiger partial charge in [0.05, 0.1) is 19.3 Å².